The number of carbonyl (C=O) groups is 1. The molecule has 0 aromatic rings. The maximum absolute atomic E-state index is 12.3. The second kappa shape index (κ2) is 5.05. The van der Waals surface area contributed by atoms with E-state index in [9.17, 15) is 22.0 Å². The van der Waals surface area contributed by atoms with Gasteiger partial charge in [-0.25, -0.2) is 8.42 Å². The number of hydrogen-bond donors (Lipinski definition) is 1. The molecule has 0 amide bonds. The van der Waals surface area contributed by atoms with Gasteiger partial charge in [0.1, 0.15) is 6.04 Å². The highest BCUT2D eigenvalue weighted by Crippen LogP contribution is 2.23. The molecule has 0 bridgehead atoms. The molecule has 0 aromatic heterocycles. The molecule has 1 aliphatic heterocycles. The van der Waals surface area contributed by atoms with Crippen molar-refractivity contribution in [3.63, 3.8) is 0 Å². The minimum Gasteiger partial charge on any atom is -0.480 e. The quantitative estimate of drug-likeness (QED) is 0.814. The molecule has 8 heteroatoms. The highest BCUT2D eigenvalue weighted by molar-refractivity contribution is 7.89. The molecule has 94 valence electrons. The molecule has 16 heavy (non-hydrogen) atoms. The highest BCUT2D eigenvalue weighted by atomic mass is 32.2. The minimum absolute atomic E-state index is 0.0846. The first-order valence-electron chi connectivity index (χ1n) is 4.89. The molecular formula is C8H13F2NO4S. The summed E-state index contributed by atoms with van der Waals surface area (Å²) in [5.41, 5.74) is 0. The number of sulfonamides is 1. The summed E-state index contributed by atoms with van der Waals surface area (Å²) >= 11 is 0. The Morgan fingerprint density at radius 1 is 1.31 bits per heavy atom. The average molecular weight is 257 g/mol. The van der Waals surface area contributed by atoms with E-state index in [4.69, 9.17) is 5.11 Å². The first-order valence-corrected chi connectivity index (χ1v) is 6.39. The van der Waals surface area contributed by atoms with Crippen LogP contribution in [0.2, 0.25) is 0 Å². The number of carboxylic acid groups (broad SMARTS) is 1. The van der Waals surface area contributed by atoms with E-state index in [2.05, 4.69) is 0 Å². The molecule has 1 atom stereocenters. The molecule has 0 aliphatic carbocycles. The fourth-order valence-electron chi connectivity index (χ4n) is 1.74. The van der Waals surface area contributed by atoms with E-state index in [1.54, 1.807) is 0 Å². The number of rotatable bonds is 3. The van der Waals surface area contributed by atoms with E-state index >= 15 is 0 Å². The average Bonchev–Trinajstić information content (AvgIpc) is 2.42. The van der Waals surface area contributed by atoms with Gasteiger partial charge >= 0.3 is 11.7 Å². The van der Waals surface area contributed by atoms with Crippen molar-refractivity contribution in [1.82, 2.24) is 4.31 Å². The normalized spacial score (nSPS) is 24.3. The van der Waals surface area contributed by atoms with Crippen molar-refractivity contribution in [2.75, 3.05) is 6.54 Å². The van der Waals surface area contributed by atoms with Crippen LogP contribution in [0.5, 0.6) is 0 Å². The maximum atomic E-state index is 12.3. The van der Waals surface area contributed by atoms with Crippen molar-refractivity contribution >= 4 is 16.0 Å². The van der Waals surface area contributed by atoms with Gasteiger partial charge in [0.15, 0.2) is 0 Å². The molecule has 0 radical (unpaired) electrons. The predicted molar refractivity (Wildman–Crippen MR) is 51.5 cm³/mol. The van der Waals surface area contributed by atoms with Gasteiger partial charge in [-0.1, -0.05) is 12.8 Å². The predicted octanol–water partition coefficient (Wildman–Crippen LogP) is 0.868. The van der Waals surface area contributed by atoms with Crippen LogP contribution >= 0.6 is 0 Å². The van der Waals surface area contributed by atoms with Gasteiger partial charge in [0.2, 0.25) is 0 Å². The van der Waals surface area contributed by atoms with Gasteiger partial charge in [0.05, 0.1) is 0 Å². The SMILES string of the molecule is O=C(O)C1CCCCCN1S(=O)(=O)C(F)F. The van der Waals surface area contributed by atoms with Gasteiger partial charge < -0.3 is 5.11 Å². The lowest BCUT2D eigenvalue weighted by molar-refractivity contribution is -0.141. The van der Waals surface area contributed by atoms with Crippen LogP contribution in [0, 0.1) is 0 Å². The van der Waals surface area contributed by atoms with Crippen LogP contribution < -0.4 is 0 Å². The maximum Gasteiger partial charge on any atom is 0.350 e. The van der Waals surface area contributed by atoms with E-state index in [0.29, 0.717) is 23.6 Å². The van der Waals surface area contributed by atoms with E-state index in [1.807, 2.05) is 0 Å². The molecule has 0 spiro atoms. The summed E-state index contributed by atoms with van der Waals surface area (Å²) in [6.45, 7) is -0.149. The molecule has 1 unspecified atom stereocenters. The van der Waals surface area contributed by atoms with Gasteiger partial charge in [0, 0.05) is 6.54 Å². The first-order chi connectivity index (χ1) is 7.37. The van der Waals surface area contributed by atoms with Gasteiger partial charge in [-0.05, 0) is 12.8 Å². The van der Waals surface area contributed by atoms with Crippen LogP contribution in [0.3, 0.4) is 0 Å². The topological polar surface area (TPSA) is 74.7 Å². The zero-order valence-electron chi connectivity index (χ0n) is 8.47. The monoisotopic (exact) mass is 257 g/mol. The Morgan fingerprint density at radius 2 is 1.94 bits per heavy atom. The number of alkyl halides is 2. The van der Waals surface area contributed by atoms with Crippen LogP contribution in [-0.2, 0) is 14.8 Å². The second-order valence-corrected chi connectivity index (χ2v) is 5.47. The van der Waals surface area contributed by atoms with Crippen LogP contribution in [0.15, 0.2) is 0 Å². The standard InChI is InChI=1S/C8H13F2NO4S/c9-8(10)16(14,15)11-5-3-1-2-4-6(11)7(12)13/h6,8H,1-5H2,(H,12,13). The molecule has 1 fully saturated rings. The van der Waals surface area contributed by atoms with E-state index < -0.39 is 27.8 Å². The Balaban J connectivity index is 3.01. The Hall–Kier alpha value is -0.760. The summed E-state index contributed by atoms with van der Waals surface area (Å²) in [7, 11) is -4.80. The van der Waals surface area contributed by atoms with Crippen molar-refractivity contribution < 1.29 is 27.1 Å². The van der Waals surface area contributed by atoms with Crippen LogP contribution in [0.25, 0.3) is 0 Å². The second-order valence-electron chi connectivity index (χ2n) is 3.62. The lowest BCUT2D eigenvalue weighted by Crippen LogP contribution is -2.46. The van der Waals surface area contributed by atoms with Crippen molar-refractivity contribution in [2.24, 2.45) is 0 Å². The molecule has 0 aromatic carbocycles. The zero-order valence-corrected chi connectivity index (χ0v) is 9.29. The number of carboxylic acids is 1. The molecular weight excluding hydrogens is 244 g/mol. The molecule has 1 N–H and O–H groups in total. The van der Waals surface area contributed by atoms with Gasteiger partial charge in [0.25, 0.3) is 10.0 Å². The Labute approximate surface area is 92.1 Å². The zero-order chi connectivity index (χ0) is 12.3. The van der Waals surface area contributed by atoms with Gasteiger partial charge in [-0.3, -0.25) is 4.79 Å². The summed E-state index contributed by atoms with van der Waals surface area (Å²) < 4.78 is 47.6. The van der Waals surface area contributed by atoms with Crippen LogP contribution in [0.1, 0.15) is 25.7 Å². The fraction of sp³-hybridized carbons (Fsp3) is 0.875. The van der Waals surface area contributed by atoms with Crippen molar-refractivity contribution in [2.45, 2.75) is 37.5 Å². The van der Waals surface area contributed by atoms with E-state index in [0.717, 1.165) is 0 Å². The summed E-state index contributed by atoms with van der Waals surface area (Å²) in [5.74, 6) is -4.93. The molecule has 1 aliphatic rings. The largest absolute Gasteiger partial charge is 0.480 e. The first kappa shape index (κ1) is 13.3. The summed E-state index contributed by atoms with van der Waals surface area (Å²) in [6.07, 6.45) is 1.68. The molecule has 1 rings (SSSR count). The fourth-order valence-corrected chi connectivity index (χ4v) is 2.87. The van der Waals surface area contributed by atoms with Crippen LogP contribution in [-0.4, -0.2) is 42.1 Å². The van der Waals surface area contributed by atoms with Crippen molar-refractivity contribution in [1.29, 1.82) is 0 Å². The van der Waals surface area contributed by atoms with Crippen molar-refractivity contribution in [3.8, 4) is 0 Å². The molecule has 1 heterocycles. The lowest BCUT2D eigenvalue weighted by atomic mass is 10.1. The van der Waals surface area contributed by atoms with E-state index in [-0.39, 0.29) is 13.0 Å². The summed E-state index contributed by atoms with van der Waals surface area (Å²) in [5, 5.41) is 8.83. The summed E-state index contributed by atoms with van der Waals surface area (Å²) in [4.78, 5) is 10.8. The Kier molecular flexibility index (Phi) is 4.20. The summed E-state index contributed by atoms with van der Waals surface area (Å²) in [6, 6.07) is -1.36. The van der Waals surface area contributed by atoms with Crippen molar-refractivity contribution in [3.05, 3.63) is 0 Å². The van der Waals surface area contributed by atoms with E-state index in [1.165, 1.54) is 0 Å². The smallest absolute Gasteiger partial charge is 0.350 e. The number of nitrogens with zero attached hydrogens (tertiary/aromatic N) is 1. The Morgan fingerprint density at radius 3 is 2.44 bits per heavy atom. The number of hydrogen-bond acceptors (Lipinski definition) is 3. The highest BCUT2D eigenvalue weighted by Gasteiger charge is 2.40. The van der Waals surface area contributed by atoms with Crippen LogP contribution in [0.4, 0.5) is 8.78 Å². The number of halogens is 2. The third kappa shape index (κ3) is 2.67. The minimum atomic E-state index is -4.80. The molecule has 0 saturated carbocycles. The lowest BCUT2D eigenvalue weighted by Gasteiger charge is -2.25. The number of aliphatic carboxylic acids is 1. The van der Waals surface area contributed by atoms with Gasteiger partial charge in [-0.15, -0.1) is 0 Å². The molecule has 1 saturated heterocycles. The molecule has 5 nitrogen and oxygen atoms in total. The third-order valence-electron chi connectivity index (χ3n) is 2.54. The third-order valence-corrected chi connectivity index (χ3v) is 4.08. The van der Waals surface area contributed by atoms with Gasteiger partial charge in [-0.2, -0.15) is 13.1 Å². The Bertz CT molecular complexity index is 357.